The number of hydrogen-bond donors (Lipinski definition) is 2. The molecule has 0 spiro atoms. The van der Waals surface area contributed by atoms with Gasteiger partial charge in [0.15, 0.2) is 0 Å². The molecule has 1 aliphatic rings. The summed E-state index contributed by atoms with van der Waals surface area (Å²) in [4.78, 5) is 31.8. The molecule has 2 N–H and O–H groups in total. The van der Waals surface area contributed by atoms with Crippen LogP contribution in [0, 0.1) is 0 Å². The molecule has 0 aromatic carbocycles. The number of carboxylic acid groups (broad SMARTS) is 1. The van der Waals surface area contributed by atoms with Gasteiger partial charge in [0.2, 0.25) is 0 Å². The zero-order chi connectivity index (χ0) is 9.84. The number of carbonyl (C=O) groups is 3. The highest BCUT2D eigenvalue weighted by Crippen LogP contribution is 1.95. The highest BCUT2D eigenvalue weighted by atomic mass is 16.7. The Balaban J connectivity index is 2.64. The predicted octanol–water partition coefficient (Wildman–Crippen LogP) is -1.58. The topological polar surface area (TPSA) is 102 Å². The normalized spacial score (nSPS) is 18.3. The van der Waals surface area contributed by atoms with Gasteiger partial charge in [0.1, 0.15) is 0 Å². The molecule has 1 aliphatic heterocycles. The van der Waals surface area contributed by atoms with Crippen molar-refractivity contribution in [2.45, 2.75) is 0 Å². The molecule has 7 nitrogen and oxygen atoms in total. The maximum absolute atomic E-state index is 10.7. The first-order valence-electron chi connectivity index (χ1n) is 3.42. The van der Waals surface area contributed by atoms with Gasteiger partial charge < -0.3 is 14.4 Å². The van der Waals surface area contributed by atoms with E-state index >= 15 is 0 Å². The lowest BCUT2D eigenvalue weighted by Gasteiger charge is -2.14. The summed E-state index contributed by atoms with van der Waals surface area (Å²) < 4.78 is 8.56. The third kappa shape index (κ3) is 2.75. The van der Waals surface area contributed by atoms with Crippen LogP contribution in [0.2, 0.25) is 0 Å². The van der Waals surface area contributed by atoms with Gasteiger partial charge in [-0.25, -0.2) is 0 Å². The Kier molecular flexibility index (Phi) is 2.86. The smallest absolute Gasteiger partial charge is 0.490 e. The fourth-order valence-corrected chi connectivity index (χ4v) is 0.714. The minimum atomic E-state index is -1.83. The lowest BCUT2D eigenvalue weighted by atomic mass is 9.90. The monoisotopic (exact) mass is 187 g/mol. The first-order chi connectivity index (χ1) is 6.09. The Bertz CT molecular complexity index is 235. The van der Waals surface area contributed by atoms with Gasteiger partial charge in [0, 0.05) is 0 Å². The predicted molar refractivity (Wildman–Crippen MR) is 38.8 cm³/mol. The number of rotatable bonds is 1. The molecule has 0 aromatic heterocycles. The van der Waals surface area contributed by atoms with Crippen LogP contribution in [0.15, 0.2) is 0 Å². The second-order valence-corrected chi connectivity index (χ2v) is 2.25. The zero-order valence-electron chi connectivity index (χ0n) is 6.48. The van der Waals surface area contributed by atoms with Crippen molar-refractivity contribution in [2.75, 3.05) is 13.1 Å². The van der Waals surface area contributed by atoms with Gasteiger partial charge in [-0.05, 0) is 0 Å². The standard InChI is InChI=1S/C5H6BNO6/c8-3-1-7-2-4(9)13-6(12-3)5(10)11/h7H,1-2H2,(H,10,11). The first kappa shape index (κ1) is 9.52. The Labute approximate surface area is 73.1 Å². The van der Waals surface area contributed by atoms with Crippen molar-refractivity contribution in [2.24, 2.45) is 0 Å². The number of hydrogen-bond acceptors (Lipinski definition) is 6. The van der Waals surface area contributed by atoms with E-state index in [1.54, 1.807) is 0 Å². The average Bonchev–Trinajstić information content (AvgIpc) is 1.99. The zero-order valence-corrected chi connectivity index (χ0v) is 6.48. The van der Waals surface area contributed by atoms with Crippen LogP contribution in [0.5, 0.6) is 0 Å². The second-order valence-electron chi connectivity index (χ2n) is 2.25. The van der Waals surface area contributed by atoms with Gasteiger partial charge >= 0.3 is 24.9 Å². The Morgan fingerprint density at radius 1 is 1.31 bits per heavy atom. The van der Waals surface area contributed by atoms with Crippen LogP contribution in [0.4, 0.5) is 4.79 Å². The van der Waals surface area contributed by atoms with E-state index in [0.717, 1.165) is 0 Å². The van der Waals surface area contributed by atoms with E-state index in [2.05, 4.69) is 14.6 Å². The molecule has 13 heavy (non-hydrogen) atoms. The van der Waals surface area contributed by atoms with E-state index in [9.17, 15) is 14.4 Å². The Morgan fingerprint density at radius 3 is 2.15 bits per heavy atom. The van der Waals surface area contributed by atoms with Crippen LogP contribution in [-0.2, 0) is 18.9 Å². The summed E-state index contributed by atoms with van der Waals surface area (Å²) in [6, 6.07) is 0. The van der Waals surface area contributed by atoms with Crippen molar-refractivity contribution in [3.8, 4) is 0 Å². The van der Waals surface area contributed by atoms with Crippen LogP contribution in [-0.4, -0.2) is 43.1 Å². The molecule has 8 heteroatoms. The molecule has 1 rings (SSSR count). The van der Waals surface area contributed by atoms with Crippen LogP contribution >= 0.6 is 0 Å². The van der Waals surface area contributed by atoms with Crippen molar-refractivity contribution in [3.63, 3.8) is 0 Å². The molecule has 0 radical (unpaired) electrons. The fraction of sp³-hybridized carbons (Fsp3) is 0.400. The van der Waals surface area contributed by atoms with E-state index in [4.69, 9.17) is 5.11 Å². The molecule has 0 bridgehead atoms. The number of nitrogens with one attached hydrogen (secondary N) is 1. The minimum Gasteiger partial charge on any atom is -0.490 e. The average molecular weight is 187 g/mol. The molecule has 1 fully saturated rings. The summed E-state index contributed by atoms with van der Waals surface area (Å²) in [7, 11) is -1.83. The number of carbonyl (C=O) groups excluding carboxylic acids is 2. The molecule has 0 amide bonds. The van der Waals surface area contributed by atoms with E-state index in [1.807, 2.05) is 0 Å². The molecule has 0 aliphatic carbocycles. The van der Waals surface area contributed by atoms with E-state index in [0.29, 0.717) is 0 Å². The second kappa shape index (κ2) is 3.90. The fourth-order valence-electron chi connectivity index (χ4n) is 0.714. The van der Waals surface area contributed by atoms with Crippen LogP contribution in [0.25, 0.3) is 0 Å². The summed E-state index contributed by atoms with van der Waals surface area (Å²) in [6.45, 7) is -0.419. The maximum Gasteiger partial charge on any atom is 0.720 e. The van der Waals surface area contributed by atoms with Crippen molar-refractivity contribution < 1.29 is 28.8 Å². The minimum absolute atomic E-state index is 0.209. The largest absolute Gasteiger partial charge is 0.720 e. The summed E-state index contributed by atoms with van der Waals surface area (Å²) in [6.07, 6.45) is 0. The van der Waals surface area contributed by atoms with Crippen LogP contribution in [0.3, 0.4) is 0 Å². The Morgan fingerprint density at radius 2 is 1.77 bits per heavy atom. The first-order valence-corrected chi connectivity index (χ1v) is 3.42. The van der Waals surface area contributed by atoms with Gasteiger partial charge in [-0.15, -0.1) is 0 Å². The van der Waals surface area contributed by atoms with E-state index in [1.165, 1.54) is 0 Å². The molecule has 0 aromatic rings. The molecule has 1 heterocycles. The van der Waals surface area contributed by atoms with Gasteiger partial charge in [-0.1, -0.05) is 0 Å². The summed E-state index contributed by atoms with van der Waals surface area (Å²) >= 11 is 0. The quantitative estimate of drug-likeness (QED) is 0.477. The summed E-state index contributed by atoms with van der Waals surface area (Å²) in [5, 5.41) is 10.8. The summed E-state index contributed by atoms with van der Waals surface area (Å²) in [5.74, 6) is -3.07. The lowest BCUT2D eigenvalue weighted by molar-refractivity contribution is -0.141. The van der Waals surface area contributed by atoms with Gasteiger partial charge in [0.25, 0.3) is 0 Å². The van der Waals surface area contributed by atoms with Crippen LogP contribution in [0.1, 0.15) is 0 Å². The van der Waals surface area contributed by atoms with Gasteiger partial charge in [0.05, 0.1) is 13.1 Å². The Hall–Kier alpha value is -1.57. The third-order valence-electron chi connectivity index (χ3n) is 1.22. The van der Waals surface area contributed by atoms with Gasteiger partial charge in [-0.3, -0.25) is 19.7 Å². The molecule has 1 saturated heterocycles. The third-order valence-corrected chi connectivity index (χ3v) is 1.22. The van der Waals surface area contributed by atoms with Crippen LogP contribution < -0.4 is 5.32 Å². The maximum atomic E-state index is 10.7. The molecule has 0 saturated carbocycles. The molecular formula is C5H6BNO6. The van der Waals surface area contributed by atoms with E-state index in [-0.39, 0.29) is 13.1 Å². The van der Waals surface area contributed by atoms with Crippen molar-refractivity contribution >= 4 is 24.9 Å². The van der Waals surface area contributed by atoms with Gasteiger partial charge in [-0.2, -0.15) is 0 Å². The van der Waals surface area contributed by atoms with E-state index < -0.39 is 24.9 Å². The SMILES string of the molecule is O=C1CNCC(=O)OB(C(=O)O)O1. The van der Waals surface area contributed by atoms with Crippen molar-refractivity contribution in [3.05, 3.63) is 0 Å². The molecule has 0 unspecified atom stereocenters. The lowest BCUT2D eigenvalue weighted by Crippen LogP contribution is -2.45. The highest BCUT2D eigenvalue weighted by molar-refractivity contribution is 6.80. The van der Waals surface area contributed by atoms with Crippen molar-refractivity contribution in [1.82, 2.24) is 5.32 Å². The highest BCUT2D eigenvalue weighted by Gasteiger charge is 2.38. The summed E-state index contributed by atoms with van der Waals surface area (Å²) in [5.41, 5.74) is 0. The molecular weight excluding hydrogens is 181 g/mol. The molecule has 70 valence electrons. The molecule has 0 atom stereocenters. The van der Waals surface area contributed by atoms with Crippen molar-refractivity contribution in [1.29, 1.82) is 0 Å².